The SMILES string of the molecule is CCOC(=O)C(C#N)c1cc2c(cc1F)c(=O)c(C(=O)O)cn2Cc1ccc(F)cc1F. The number of carboxylic acids is 1. The normalized spacial score (nSPS) is 11.7. The van der Waals surface area contributed by atoms with Crippen molar-refractivity contribution in [2.24, 2.45) is 0 Å². The summed E-state index contributed by atoms with van der Waals surface area (Å²) < 4.78 is 48.2. The van der Waals surface area contributed by atoms with Crippen LogP contribution in [0.5, 0.6) is 0 Å². The van der Waals surface area contributed by atoms with E-state index in [1.165, 1.54) is 6.92 Å². The minimum absolute atomic E-state index is 0.0409. The van der Waals surface area contributed by atoms with Gasteiger partial charge in [0.05, 0.1) is 24.7 Å². The van der Waals surface area contributed by atoms with Gasteiger partial charge in [-0.2, -0.15) is 5.26 Å². The third-order valence-electron chi connectivity index (χ3n) is 4.75. The Kier molecular flexibility index (Phi) is 6.30. The highest BCUT2D eigenvalue weighted by Crippen LogP contribution is 2.26. The van der Waals surface area contributed by atoms with Crippen LogP contribution in [-0.2, 0) is 16.1 Å². The van der Waals surface area contributed by atoms with Crippen LogP contribution >= 0.6 is 0 Å². The molecule has 0 saturated heterocycles. The van der Waals surface area contributed by atoms with E-state index in [1.807, 2.05) is 0 Å². The molecule has 1 atom stereocenters. The topological polar surface area (TPSA) is 109 Å². The number of nitrogens with zero attached hydrogens (tertiary/aromatic N) is 2. The number of esters is 1. The molecule has 1 heterocycles. The third-order valence-corrected chi connectivity index (χ3v) is 4.75. The van der Waals surface area contributed by atoms with Crippen LogP contribution in [0.15, 0.2) is 41.3 Å². The molecule has 0 amide bonds. The fourth-order valence-corrected chi connectivity index (χ4v) is 3.24. The van der Waals surface area contributed by atoms with Crippen LogP contribution in [0, 0.1) is 28.8 Å². The minimum Gasteiger partial charge on any atom is -0.477 e. The molecule has 0 fully saturated rings. The van der Waals surface area contributed by atoms with Crippen LogP contribution in [0.1, 0.15) is 34.3 Å². The molecule has 0 aliphatic carbocycles. The molecule has 32 heavy (non-hydrogen) atoms. The van der Waals surface area contributed by atoms with Gasteiger partial charge in [0.2, 0.25) is 5.43 Å². The average Bonchev–Trinajstić information content (AvgIpc) is 2.73. The Morgan fingerprint density at radius 2 is 1.91 bits per heavy atom. The highest BCUT2D eigenvalue weighted by molar-refractivity contribution is 5.93. The number of hydrogen-bond donors (Lipinski definition) is 1. The Balaban J connectivity index is 2.30. The molecule has 3 aromatic rings. The van der Waals surface area contributed by atoms with Gasteiger partial charge in [0.1, 0.15) is 23.0 Å². The Labute approximate surface area is 178 Å². The van der Waals surface area contributed by atoms with Crippen molar-refractivity contribution in [1.82, 2.24) is 4.57 Å². The van der Waals surface area contributed by atoms with Crippen molar-refractivity contribution in [3.63, 3.8) is 0 Å². The van der Waals surface area contributed by atoms with Crippen LogP contribution in [-0.4, -0.2) is 28.2 Å². The molecular weight excluding hydrogens is 429 g/mol. The zero-order valence-corrected chi connectivity index (χ0v) is 16.6. The molecule has 10 heteroatoms. The minimum atomic E-state index is -1.65. The summed E-state index contributed by atoms with van der Waals surface area (Å²) in [5, 5.41) is 18.4. The van der Waals surface area contributed by atoms with E-state index in [2.05, 4.69) is 0 Å². The third kappa shape index (κ3) is 4.18. The quantitative estimate of drug-likeness (QED) is 0.584. The lowest BCUT2D eigenvalue weighted by atomic mass is 9.97. The van der Waals surface area contributed by atoms with Gasteiger partial charge >= 0.3 is 11.9 Å². The number of halogens is 3. The summed E-state index contributed by atoms with van der Waals surface area (Å²) in [7, 11) is 0. The number of benzene rings is 2. The lowest BCUT2D eigenvalue weighted by molar-refractivity contribution is -0.143. The van der Waals surface area contributed by atoms with Crippen LogP contribution in [0.25, 0.3) is 10.9 Å². The second-order valence-electron chi connectivity index (χ2n) is 6.75. The molecule has 7 nitrogen and oxygen atoms in total. The molecule has 3 rings (SSSR count). The van der Waals surface area contributed by atoms with E-state index in [4.69, 9.17) is 4.74 Å². The predicted molar refractivity (Wildman–Crippen MR) is 106 cm³/mol. The fraction of sp³-hybridized carbons (Fsp3) is 0.182. The van der Waals surface area contributed by atoms with Crippen molar-refractivity contribution in [2.75, 3.05) is 6.61 Å². The Morgan fingerprint density at radius 3 is 2.50 bits per heavy atom. The molecule has 164 valence electrons. The van der Waals surface area contributed by atoms with Gasteiger partial charge < -0.3 is 14.4 Å². The second kappa shape index (κ2) is 8.93. The monoisotopic (exact) mass is 444 g/mol. The lowest BCUT2D eigenvalue weighted by Gasteiger charge is -2.16. The van der Waals surface area contributed by atoms with E-state index in [0.29, 0.717) is 6.07 Å². The van der Waals surface area contributed by atoms with Gasteiger partial charge in [-0.15, -0.1) is 0 Å². The summed E-state index contributed by atoms with van der Waals surface area (Å²) in [6.45, 7) is 1.11. The number of aromatic nitrogens is 1. The van der Waals surface area contributed by atoms with Gasteiger partial charge in [-0.25, -0.2) is 18.0 Å². The number of carbonyl (C=O) groups is 2. The van der Waals surface area contributed by atoms with Crippen molar-refractivity contribution >= 4 is 22.8 Å². The fourth-order valence-electron chi connectivity index (χ4n) is 3.24. The molecule has 0 spiro atoms. The van der Waals surface area contributed by atoms with Crippen LogP contribution in [0.3, 0.4) is 0 Å². The summed E-state index contributed by atoms with van der Waals surface area (Å²) in [6.07, 6.45) is 0.934. The van der Waals surface area contributed by atoms with E-state index >= 15 is 0 Å². The molecule has 2 aromatic carbocycles. The highest BCUT2D eigenvalue weighted by Gasteiger charge is 2.27. The number of rotatable bonds is 6. The van der Waals surface area contributed by atoms with Crippen molar-refractivity contribution < 1.29 is 32.6 Å². The zero-order chi connectivity index (χ0) is 23.6. The molecular formula is C22H15F3N2O5. The second-order valence-corrected chi connectivity index (χ2v) is 6.75. The summed E-state index contributed by atoms with van der Waals surface area (Å²) in [5.41, 5.74) is -2.19. The zero-order valence-electron chi connectivity index (χ0n) is 16.6. The number of nitriles is 1. The van der Waals surface area contributed by atoms with Crippen molar-refractivity contribution in [3.8, 4) is 6.07 Å². The van der Waals surface area contributed by atoms with Crippen molar-refractivity contribution in [3.05, 3.63) is 80.9 Å². The van der Waals surface area contributed by atoms with Crippen molar-refractivity contribution in [2.45, 2.75) is 19.4 Å². The van der Waals surface area contributed by atoms with E-state index in [1.54, 1.807) is 6.07 Å². The number of ether oxygens (including phenoxy) is 1. The van der Waals surface area contributed by atoms with E-state index < -0.39 is 51.9 Å². The lowest BCUT2D eigenvalue weighted by Crippen LogP contribution is -2.21. The van der Waals surface area contributed by atoms with Gasteiger partial charge in [-0.1, -0.05) is 6.07 Å². The van der Waals surface area contributed by atoms with E-state index in [-0.39, 0.29) is 29.6 Å². The predicted octanol–water partition coefficient (Wildman–Crippen LogP) is 3.34. The largest absolute Gasteiger partial charge is 0.477 e. The maximum Gasteiger partial charge on any atom is 0.341 e. The number of pyridine rings is 1. The molecule has 1 aromatic heterocycles. The van der Waals surface area contributed by atoms with E-state index in [0.717, 1.165) is 35.0 Å². The molecule has 1 unspecified atom stereocenters. The molecule has 0 aliphatic rings. The Hall–Kier alpha value is -4.13. The molecule has 1 N–H and O–H groups in total. The number of carbonyl (C=O) groups excluding carboxylic acids is 1. The maximum absolute atomic E-state index is 14.8. The number of carboxylic acid groups (broad SMARTS) is 1. The first kappa shape index (κ1) is 22.6. The van der Waals surface area contributed by atoms with E-state index in [9.17, 15) is 37.9 Å². The van der Waals surface area contributed by atoms with Gasteiger partial charge in [0, 0.05) is 28.8 Å². The number of aromatic carboxylic acids is 1. The highest BCUT2D eigenvalue weighted by atomic mass is 19.1. The van der Waals surface area contributed by atoms with Gasteiger partial charge in [0.25, 0.3) is 0 Å². The maximum atomic E-state index is 14.8. The summed E-state index contributed by atoms with van der Waals surface area (Å²) in [6, 6.07) is 6.18. The summed E-state index contributed by atoms with van der Waals surface area (Å²) in [4.78, 5) is 36.2. The molecule has 0 aliphatic heterocycles. The first-order valence-corrected chi connectivity index (χ1v) is 9.28. The van der Waals surface area contributed by atoms with Crippen LogP contribution in [0.2, 0.25) is 0 Å². The van der Waals surface area contributed by atoms with Gasteiger partial charge in [-0.3, -0.25) is 9.59 Å². The first-order valence-electron chi connectivity index (χ1n) is 9.28. The Bertz CT molecular complexity index is 1340. The summed E-state index contributed by atoms with van der Waals surface area (Å²) in [5.74, 6) is -7.07. The molecule has 0 bridgehead atoms. The van der Waals surface area contributed by atoms with Gasteiger partial charge in [-0.05, 0) is 25.1 Å². The average molecular weight is 444 g/mol. The van der Waals surface area contributed by atoms with Crippen LogP contribution < -0.4 is 5.43 Å². The smallest absolute Gasteiger partial charge is 0.341 e. The number of hydrogen-bond acceptors (Lipinski definition) is 5. The molecule has 0 radical (unpaired) electrons. The number of fused-ring (bicyclic) bond motifs is 1. The van der Waals surface area contributed by atoms with Gasteiger partial charge in [0.15, 0.2) is 5.92 Å². The molecule has 0 saturated carbocycles. The Morgan fingerprint density at radius 1 is 1.19 bits per heavy atom. The summed E-state index contributed by atoms with van der Waals surface area (Å²) >= 11 is 0. The van der Waals surface area contributed by atoms with Crippen molar-refractivity contribution in [1.29, 1.82) is 5.26 Å². The first-order chi connectivity index (χ1) is 15.2. The van der Waals surface area contributed by atoms with Crippen LogP contribution in [0.4, 0.5) is 13.2 Å². The standard InChI is InChI=1S/C22H15F3N2O5/c1-2-32-22(31)15(8-26)13-7-19-14(6-18(13)25)20(28)16(21(29)30)10-27(19)9-11-3-4-12(23)5-17(11)24/h3-7,10,15H,2,9H2,1H3,(H,29,30).